The van der Waals surface area contributed by atoms with Crippen molar-refractivity contribution in [2.75, 3.05) is 5.75 Å². The lowest BCUT2D eigenvalue weighted by Gasteiger charge is -2.16. The van der Waals surface area contributed by atoms with Crippen LogP contribution in [0.25, 0.3) is 0 Å². The summed E-state index contributed by atoms with van der Waals surface area (Å²) in [5.41, 5.74) is -0.170. The molecule has 88 valence electrons. The van der Waals surface area contributed by atoms with Gasteiger partial charge in [-0.3, -0.25) is 4.79 Å². The minimum Gasteiger partial charge on any atom is -0.293 e. The quantitative estimate of drug-likeness (QED) is 0.754. The number of Topliss-reactive ketones (excluding diaryl/α,β-unsaturated/α-hetero) is 1. The van der Waals surface area contributed by atoms with Gasteiger partial charge in [-0.2, -0.15) is 0 Å². The molecule has 0 fully saturated rings. The van der Waals surface area contributed by atoms with E-state index >= 15 is 0 Å². The molecular weight excluding hydrogens is 230 g/mol. The van der Waals surface area contributed by atoms with Crippen molar-refractivity contribution in [1.82, 2.24) is 0 Å². The van der Waals surface area contributed by atoms with Gasteiger partial charge in [0.2, 0.25) is 0 Å². The van der Waals surface area contributed by atoms with Gasteiger partial charge in [-0.15, -0.1) is 11.8 Å². The highest BCUT2D eigenvalue weighted by Gasteiger charge is 2.18. The minimum atomic E-state index is -1.05. The molecule has 1 aromatic rings. The van der Waals surface area contributed by atoms with Crippen molar-refractivity contribution in [2.24, 2.45) is 0 Å². The molecule has 4 heteroatoms. The number of rotatable bonds is 3. The molecule has 0 radical (unpaired) electrons. The molecule has 1 aromatic carbocycles. The maximum atomic E-state index is 13.3. The van der Waals surface area contributed by atoms with Crippen molar-refractivity contribution in [2.45, 2.75) is 25.5 Å². The normalized spacial score (nSPS) is 11.6. The van der Waals surface area contributed by atoms with Crippen molar-refractivity contribution in [3.05, 3.63) is 35.4 Å². The summed E-state index contributed by atoms with van der Waals surface area (Å²) >= 11 is 1.41. The summed E-state index contributed by atoms with van der Waals surface area (Å²) in [5.74, 6) is -2.25. The first kappa shape index (κ1) is 13.2. The van der Waals surface area contributed by atoms with Crippen LogP contribution in [-0.2, 0) is 0 Å². The van der Waals surface area contributed by atoms with E-state index in [-0.39, 0.29) is 21.8 Å². The number of ketones is 1. The van der Waals surface area contributed by atoms with Gasteiger partial charge in [0.25, 0.3) is 0 Å². The Bertz CT molecular complexity index is 396. The molecular formula is C12H14F2OS. The Kier molecular flexibility index (Phi) is 4.08. The Balaban J connectivity index is 2.78. The van der Waals surface area contributed by atoms with Crippen molar-refractivity contribution in [3.8, 4) is 0 Å². The summed E-state index contributed by atoms with van der Waals surface area (Å²) in [5, 5.41) is 0. The average molecular weight is 244 g/mol. The summed E-state index contributed by atoms with van der Waals surface area (Å²) in [6.45, 7) is 5.90. The molecule has 0 aliphatic rings. The maximum Gasteiger partial charge on any atom is 0.175 e. The molecule has 0 N–H and O–H groups in total. The van der Waals surface area contributed by atoms with Crippen LogP contribution in [0.5, 0.6) is 0 Å². The number of carbonyl (C=O) groups is 1. The Morgan fingerprint density at radius 3 is 2.50 bits per heavy atom. The molecule has 0 unspecified atom stereocenters. The first-order valence-corrected chi connectivity index (χ1v) is 5.91. The highest BCUT2D eigenvalue weighted by Crippen LogP contribution is 2.24. The average Bonchev–Trinajstić information content (AvgIpc) is 2.17. The van der Waals surface area contributed by atoms with E-state index < -0.39 is 11.6 Å². The summed E-state index contributed by atoms with van der Waals surface area (Å²) in [7, 11) is 0. The van der Waals surface area contributed by atoms with Gasteiger partial charge < -0.3 is 0 Å². The van der Waals surface area contributed by atoms with E-state index in [1.807, 2.05) is 20.8 Å². The summed E-state index contributed by atoms with van der Waals surface area (Å²) in [6, 6.07) is 3.65. The van der Waals surface area contributed by atoms with Gasteiger partial charge in [0.15, 0.2) is 17.4 Å². The second kappa shape index (κ2) is 4.95. The van der Waals surface area contributed by atoms with E-state index in [1.165, 1.54) is 23.9 Å². The fourth-order valence-electron chi connectivity index (χ4n) is 1.08. The van der Waals surface area contributed by atoms with Crippen molar-refractivity contribution < 1.29 is 13.6 Å². The fraction of sp³-hybridized carbons (Fsp3) is 0.417. The molecule has 0 aromatic heterocycles. The van der Waals surface area contributed by atoms with Crippen LogP contribution in [0.15, 0.2) is 18.2 Å². The lowest BCUT2D eigenvalue weighted by molar-refractivity contribution is 0.101. The molecule has 0 saturated carbocycles. The highest BCUT2D eigenvalue weighted by molar-refractivity contribution is 8.01. The van der Waals surface area contributed by atoms with E-state index in [2.05, 4.69) is 0 Å². The Morgan fingerprint density at radius 2 is 1.94 bits per heavy atom. The zero-order valence-electron chi connectivity index (χ0n) is 9.51. The number of carbonyl (C=O) groups excluding carboxylic acids is 1. The van der Waals surface area contributed by atoms with Crippen molar-refractivity contribution >= 4 is 17.5 Å². The van der Waals surface area contributed by atoms with Crippen LogP contribution < -0.4 is 0 Å². The zero-order valence-corrected chi connectivity index (χ0v) is 10.3. The summed E-state index contributed by atoms with van der Waals surface area (Å²) in [6.07, 6.45) is 0. The third-order valence-electron chi connectivity index (χ3n) is 1.89. The van der Waals surface area contributed by atoms with Crippen LogP contribution in [0.2, 0.25) is 0 Å². The van der Waals surface area contributed by atoms with Gasteiger partial charge in [-0.1, -0.05) is 26.8 Å². The van der Waals surface area contributed by atoms with Gasteiger partial charge in [-0.25, -0.2) is 8.78 Å². The van der Waals surface area contributed by atoms with E-state index in [0.29, 0.717) is 0 Å². The molecule has 0 heterocycles. The van der Waals surface area contributed by atoms with E-state index in [0.717, 1.165) is 6.07 Å². The van der Waals surface area contributed by atoms with Gasteiger partial charge >= 0.3 is 0 Å². The minimum absolute atomic E-state index is 0.0700. The van der Waals surface area contributed by atoms with Crippen molar-refractivity contribution in [3.63, 3.8) is 0 Å². The Labute approximate surface area is 98.2 Å². The molecule has 0 aliphatic carbocycles. The fourth-order valence-corrected chi connectivity index (χ4v) is 1.80. The number of hydrogen-bond donors (Lipinski definition) is 0. The predicted molar refractivity (Wildman–Crippen MR) is 62.9 cm³/mol. The smallest absolute Gasteiger partial charge is 0.175 e. The van der Waals surface area contributed by atoms with Gasteiger partial charge in [-0.05, 0) is 12.1 Å². The van der Waals surface area contributed by atoms with Crippen LogP contribution in [0, 0.1) is 11.6 Å². The lowest BCUT2D eigenvalue weighted by Crippen LogP contribution is -2.14. The molecule has 0 aliphatic heterocycles. The molecule has 0 atom stereocenters. The number of benzene rings is 1. The van der Waals surface area contributed by atoms with E-state index in [9.17, 15) is 13.6 Å². The van der Waals surface area contributed by atoms with Crippen LogP contribution in [0.4, 0.5) is 8.78 Å². The standard InChI is InChI=1S/C12H14F2OS/c1-12(2,3)16-7-10(15)8-5-4-6-9(13)11(8)14/h4-6H,7H2,1-3H3. The van der Waals surface area contributed by atoms with Gasteiger partial charge in [0, 0.05) is 4.75 Å². The predicted octanol–water partition coefficient (Wildman–Crippen LogP) is 3.68. The summed E-state index contributed by atoms with van der Waals surface area (Å²) < 4.78 is 26.1. The SMILES string of the molecule is CC(C)(C)SCC(=O)c1cccc(F)c1F. The van der Waals surface area contributed by atoms with E-state index in [1.54, 1.807) is 0 Å². The maximum absolute atomic E-state index is 13.3. The zero-order chi connectivity index (χ0) is 12.3. The largest absolute Gasteiger partial charge is 0.293 e. The van der Waals surface area contributed by atoms with Crippen molar-refractivity contribution in [1.29, 1.82) is 0 Å². The second-order valence-electron chi connectivity index (χ2n) is 4.43. The molecule has 1 nitrogen and oxygen atoms in total. The van der Waals surface area contributed by atoms with Gasteiger partial charge in [0.1, 0.15) is 0 Å². The lowest BCUT2D eigenvalue weighted by atomic mass is 10.1. The van der Waals surface area contributed by atoms with Crippen LogP contribution in [0.3, 0.4) is 0 Å². The molecule has 0 amide bonds. The molecule has 0 spiro atoms. The molecule has 0 bridgehead atoms. The van der Waals surface area contributed by atoms with Crippen LogP contribution in [-0.4, -0.2) is 16.3 Å². The topological polar surface area (TPSA) is 17.1 Å². The number of hydrogen-bond acceptors (Lipinski definition) is 2. The Hall–Kier alpha value is -0.900. The van der Waals surface area contributed by atoms with Crippen LogP contribution >= 0.6 is 11.8 Å². The van der Waals surface area contributed by atoms with E-state index in [4.69, 9.17) is 0 Å². The monoisotopic (exact) mass is 244 g/mol. The van der Waals surface area contributed by atoms with Crippen LogP contribution in [0.1, 0.15) is 31.1 Å². The highest BCUT2D eigenvalue weighted by atomic mass is 32.2. The molecule has 0 saturated heterocycles. The van der Waals surface area contributed by atoms with Gasteiger partial charge in [0.05, 0.1) is 11.3 Å². The third kappa shape index (κ3) is 3.59. The first-order valence-electron chi connectivity index (χ1n) is 4.92. The molecule has 1 rings (SSSR count). The molecule has 16 heavy (non-hydrogen) atoms. The summed E-state index contributed by atoms with van der Waals surface area (Å²) in [4.78, 5) is 11.6. The third-order valence-corrected chi connectivity index (χ3v) is 3.16. The second-order valence-corrected chi connectivity index (χ2v) is 6.23. The number of halogens is 2. The number of thioether (sulfide) groups is 1. The first-order chi connectivity index (χ1) is 7.31. The Morgan fingerprint density at radius 1 is 1.31 bits per heavy atom.